The molecule has 0 amide bonds. The molecular formula is C17H17FN2O. The highest BCUT2D eigenvalue weighted by Crippen LogP contribution is 2.20. The number of rotatable bonds is 5. The van der Waals surface area contributed by atoms with Crippen molar-refractivity contribution in [2.45, 2.75) is 26.0 Å². The normalized spacial score (nSPS) is 11.7. The van der Waals surface area contributed by atoms with E-state index in [0.29, 0.717) is 16.9 Å². The topological polar surface area (TPSA) is 59.0 Å². The van der Waals surface area contributed by atoms with Gasteiger partial charge in [0.25, 0.3) is 0 Å². The number of hydrogen-bond donors (Lipinski definition) is 1. The van der Waals surface area contributed by atoms with Gasteiger partial charge in [0.1, 0.15) is 18.2 Å². The quantitative estimate of drug-likeness (QED) is 0.911. The third-order valence-electron chi connectivity index (χ3n) is 3.33. The Hall–Kier alpha value is -2.38. The van der Waals surface area contributed by atoms with Crippen LogP contribution in [0.4, 0.5) is 4.39 Å². The first-order valence-corrected chi connectivity index (χ1v) is 6.81. The smallest absolute Gasteiger partial charge is 0.123 e. The highest BCUT2D eigenvalue weighted by atomic mass is 19.1. The van der Waals surface area contributed by atoms with Gasteiger partial charge in [-0.25, -0.2) is 4.39 Å². The first-order chi connectivity index (χ1) is 10.1. The highest BCUT2D eigenvalue weighted by Gasteiger charge is 2.06. The first kappa shape index (κ1) is 15.0. The molecule has 2 aromatic carbocycles. The highest BCUT2D eigenvalue weighted by molar-refractivity contribution is 5.38. The fourth-order valence-corrected chi connectivity index (χ4v) is 2.00. The summed E-state index contributed by atoms with van der Waals surface area (Å²) in [6, 6.07) is 13.6. The van der Waals surface area contributed by atoms with Crippen LogP contribution in [0.5, 0.6) is 5.75 Å². The Balaban J connectivity index is 2.07. The van der Waals surface area contributed by atoms with Crippen molar-refractivity contribution in [3.05, 3.63) is 65.0 Å². The van der Waals surface area contributed by atoms with E-state index in [-0.39, 0.29) is 18.5 Å². The standard InChI is InChI=1S/C17H17FN2O/c1-2-17(20)12-4-7-16(8-5-12)21-11-14-9-15(18)6-3-13(14)10-19/h3-9,17H,2,11,20H2,1H3. The van der Waals surface area contributed by atoms with Crippen molar-refractivity contribution in [3.63, 3.8) is 0 Å². The number of nitriles is 1. The fourth-order valence-electron chi connectivity index (χ4n) is 2.00. The SMILES string of the molecule is CCC(N)c1ccc(OCc2cc(F)ccc2C#N)cc1. The molecule has 0 aliphatic heterocycles. The zero-order valence-corrected chi connectivity index (χ0v) is 11.8. The van der Waals surface area contributed by atoms with Gasteiger partial charge in [-0.3, -0.25) is 0 Å². The first-order valence-electron chi connectivity index (χ1n) is 6.81. The molecule has 0 heterocycles. The van der Waals surface area contributed by atoms with Crippen LogP contribution in [-0.4, -0.2) is 0 Å². The molecule has 21 heavy (non-hydrogen) atoms. The second-order valence-corrected chi connectivity index (χ2v) is 4.79. The second kappa shape index (κ2) is 6.87. The summed E-state index contributed by atoms with van der Waals surface area (Å²) in [6.45, 7) is 2.18. The van der Waals surface area contributed by atoms with Crippen LogP contribution in [0.2, 0.25) is 0 Å². The largest absolute Gasteiger partial charge is 0.489 e. The van der Waals surface area contributed by atoms with Gasteiger partial charge in [-0.2, -0.15) is 5.26 Å². The van der Waals surface area contributed by atoms with Crippen LogP contribution < -0.4 is 10.5 Å². The summed E-state index contributed by atoms with van der Waals surface area (Å²) in [5.74, 6) is 0.284. The summed E-state index contributed by atoms with van der Waals surface area (Å²) in [5.41, 5.74) is 7.95. The molecule has 0 aromatic heterocycles. The van der Waals surface area contributed by atoms with Crippen molar-refractivity contribution >= 4 is 0 Å². The Morgan fingerprint density at radius 1 is 1.24 bits per heavy atom. The third-order valence-corrected chi connectivity index (χ3v) is 3.33. The molecule has 0 saturated heterocycles. The minimum Gasteiger partial charge on any atom is -0.489 e. The van der Waals surface area contributed by atoms with Crippen LogP contribution in [0.25, 0.3) is 0 Å². The lowest BCUT2D eigenvalue weighted by atomic mass is 10.1. The van der Waals surface area contributed by atoms with E-state index in [1.165, 1.54) is 18.2 Å². The van der Waals surface area contributed by atoms with Gasteiger partial charge in [0.05, 0.1) is 11.6 Å². The second-order valence-electron chi connectivity index (χ2n) is 4.79. The average molecular weight is 284 g/mol. The fraction of sp³-hybridized carbons (Fsp3) is 0.235. The molecule has 0 saturated carbocycles. The van der Waals surface area contributed by atoms with Crippen molar-refractivity contribution < 1.29 is 9.13 Å². The van der Waals surface area contributed by atoms with Crippen molar-refractivity contribution in [1.29, 1.82) is 5.26 Å². The minimum absolute atomic E-state index is 0.0208. The molecule has 0 radical (unpaired) electrons. The molecule has 0 aliphatic carbocycles. The number of halogens is 1. The maximum absolute atomic E-state index is 13.2. The summed E-state index contributed by atoms with van der Waals surface area (Å²) >= 11 is 0. The molecule has 2 rings (SSSR count). The third kappa shape index (κ3) is 3.80. The van der Waals surface area contributed by atoms with E-state index in [9.17, 15) is 4.39 Å². The Morgan fingerprint density at radius 3 is 2.57 bits per heavy atom. The van der Waals surface area contributed by atoms with Gasteiger partial charge in [-0.05, 0) is 42.3 Å². The zero-order chi connectivity index (χ0) is 15.2. The van der Waals surface area contributed by atoms with Gasteiger partial charge in [0, 0.05) is 11.6 Å². The molecule has 0 fully saturated rings. The van der Waals surface area contributed by atoms with Crippen LogP contribution >= 0.6 is 0 Å². The van der Waals surface area contributed by atoms with E-state index in [1.807, 2.05) is 37.3 Å². The molecule has 108 valence electrons. The average Bonchev–Trinajstić information content (AvgIpc) is 2.52. The molecule has 0 bridgehead atoms. The predicted molar refractivity (Wildman–Crippen MR) is 79.1 cm³/mol. The molecule has 1 unspecified atom stereocenters. The summed E-state index contributed by atoms with van der Waals surface area (Å²) in [4.78, 5) is 0. The van der Waals surface area contributed by atoms with Gasteiger partial charge in [-0.1, -0.05) is 19.1 Å². The van der Waals surface area contributed by atoms with Crippen LogP contribution in [0, 0.1) is 17.1 Å². The van der Waals surface area contributed by atoms with Crippen molar-refractivity contribution in [2.75, 3.05) is 0 Å². The van der Waals surface area contributed by atoms with E-state index in [4.69, 9.17) is 15.7 Å². The van der Waals surface area contributed by atoms with E-state index in [2.05, 4.69) is 0 Å². The number of nitrogens with two attached hydrogens (primary N) is 1. The molecule has 1 atom stereocenters. The lowest BCUT2D eigenvalue weighted by Gasteiger charge is -2.11. The number of hydrogen-bond acceptors (Lipinski definition) is 3. The molecule has 4 heteroatoms. The summed E-state index contributed by atoms with van der Waals surface area (Å²) in [5, 5.41) is 8.99. The number of ether oxygens (including phenoxy) is 1. The van der Waals surface area contributed by atoms with Crippen molar-refractivity contribution in [2.24, 2.45) is 5.73 Å². The van der Waals surface area contributed by atoms with E-state index in [1.54, 1.807) is 0 Å². The van der Waals surface area contributed by atoms with Crippen LogP contribution in [0.1, 0.15) is 36.1 Å². The van der Waals surface area contributed by atoms with Gasteiger partial charge in [0.15, 0.2) is 0 Å². The number of benzene rings is 2. The van der Waals surface area contributed by atoms with Gasteiger partial charge >= 0.3 is 0 Å². The van der Waals surface area contributed by atoms with Crippen LogP contribution in [-0.2, 0) is 6.61 Å². The molecular weight excluding hydrogens is 267 g/mol. The molecule has 2 aromatic rings. The van der Waals surface area contributed by atoms with Gasteiger partial charge in [0.2, 0.25) is 0 Å². The summed E-state index contributed by atoms with van der Waals surface area (Å²) in [7, 11) is 0. The Bertz CT molecular complexity index is 647. The van der Waals surface area contributed by atoms with E-state index in [0.717, 1.165) is 12.0 Å². The molecule has 3 nitrogen and oxygen atoms in total. The maximum Gasteiger partial charge on any atom is 0.123 e. The lowest BCUT2D eigenvalue weighted by molar-refractivity contribution is 0.305. The van der Waals surface area contributed by atoms with E-state index >= 15 is 0 Å². The Kier molecular flexibility index (Phi) is 4.91. The van der Waals surface area contributed by atoms with E-state index < -0.39 is 0 Å². The Morgan fingerprint density at radius 2 is 1.95 bits per heavy atom. The van der Waals surface area contributed by atoms with Crippen molar-refractivity contribution in [1.82, 2.24) is 0 Å². The number of nitrogens with zero attached hydrogens (tertiary/aromatic N) is 1. The minimum atomic E-state index is -0.378. The predicted octanol–water partition coefficient (Wildman–Crippen LogP) is 3.69. The summed E-state index contributed by atoms with van der Waals surface area (Å²) in [6.07, 6.45) is 0.870. The monoisotopic (exact) mass is 284 g/mol. The molecule has 0 aliphatic rings. The van der Waals surface area contributed by atoms with Gasteiger partial charge < -0.3 is 10.5 Å². The van der Waals surface area contributed by atoms with Crippen LogP contribution in [0.3, 0.4) is 0 Å². The summed E-state index contributed by atoms with van der Waals surface area (Å²) < 4.78 is 18.8. The van der Waals surface area contributed by atoms with Crippen LogP contribution in [0.15, 0.2) is 42.5 Å². The van der Waals surface area contributed by atoms with Gasteiger partial charge in [-0.15, -0.1) is 0 Å². The lowest BCUT2D eigenvalue weighted by Crippen LogP contribution is -2.08. The zero-order valence-electron chi connectivity index (χ0n) is 11.8. The Labute approximate surface area is 123 Å². The van der Waals surface area contributed by atoms with Crippen molar-refractivity contribution in [3.8, 4) is 11.8 Å². The maximum atomic E-state index is 13.2. The molecule has 0 spiro atoms. The molecule has 2 N–H and O–H groups in total.